The molecule has 69 heavy (non-hydrogen) atoms. The third-order valence-electron chi connectivity index (χ3n) is 13.6. The van der Waals surface area contributed by atoms with Gasteiger partial charge >= 0.3 is 20.1 Å². The first-order chi connectivity index (χ1) is 33.4. The molecule has 0 amide bonds. The average Bonchev–Trinajstić information content (AvgIpc) is 3.96. The van der Waals surface area contributed by atoms with Crippen molar-refractivity contribution in [2.24, 2.45) is 0 Å². The number of aromatic nitrogens is 2. The second-order valence-corrected chi connectivity index (χ2v) is 18.8. The van der Waals surface area contributed by atoms with Crippen LogP contribution in [0.15, 0.2) is 193 Å². The Morgan fingerprint density at radius 2 is 1.32 bits per heavy atom. The summed E-state index contributed by atoms with van der Waals surface area (Å²) in [5, 5.41) is 6.46. The first-order valence-electron chi connectivity index (χ1n) is 24.1. The number of imidazole rings is 1. The molecule has 4 aliphatic carbocycles. The molecule has 0 saturated carbocycles. The fourth-order valence-corrected chi connectivity index (χ4v) is 10.0. The van der Waals surface area contributed by atoms with Crippen molar-refractivity contribution < 1.29 is 24.5 Å². The van der Waals surface area contributed by atoms with Gasteiger partial charge in [-0.2, -0.15) is 42.1 Å². The Labute approximate surface area is 419 Å². The number of hydrogen-bond acceptors (Lipinski definition) is 2. The molecule has 3 heterocycles. The molecule has 340 valence electrons. The fraction of sp³-hybridized carbons (Fsp3) is 0.172. The van der Waals surface area contributed by atoms with Crippen LogP contribution in [0.25, 0.3) is 77.6 Å². The van der Waals surface area contributed by atoms with E-state index in [0.717, 1.165) is 81.2 Å². The predicted molar refractivity (Wildman–Crippen MR) is 283 cm³/mol. The molecule has 4 bridgehead atoms. The Morgan fingerprint density at radius 1 is 0.609 bits per heavy atom. The standard InChI is InChI=1S/C53H45N2O.C11H9N.Ir/c1-33(2)45-30-41(47-29-37-22-21-35-17-19-36(20-18-35)23-25-39(47)26-24-37)31-46(34(3)4)51(45)55-49-16-9-8-15-48(49)54-53(55)44-14-10-13-43-42-28-27-40(32-50(42)56-52(43)44)38-11-6-5-7-12-38;1-2-6-10(7-3-1)11-8-4-5-9-12-11;/h5-13,15-20,24,26-34H,21-23,25H2,1-4H3;1-6,8-9,11H;/q-1;-2;+3. The maximum Gasteiger partial charge on any atom is 3.00 e. The minimum Gasteiger partial charge on any atom is -0.683 e. The quantitative estimate of drug-likeness (QED) is 0.149. The van der Waals surface area contributed by atoms with Crippen LogP contribution in [0.1, 0.15) is 84.5 Å². The summed E-state index contributed by atoms with van der Waals surface area (Å²) in [6.45, 7) is 9.31. The van der Waals surface area contributed by atoms with E-state index in [-0.39, 0.29) is 38.0 Å². The van der Waals surface area contributed by atoms with E-state index in [2.05, 4.69) is 189 Å². The van der Waals surface area contributed by atoms with Crippen LogP contribution in [-0.4, -0.2) is 9.55 Å². The van der Waals surface area contributed by atoms with Gasteiger partial charge in [-0.05, 0) is 123 Å². The Morgan fingerprint density at radius 3 is 2.04 bits per heavy atom. The normalized spacial score (nSPS) is 14.1. The predicted octanol–water partition coefficient (Wildman–Crippen LogP) is 16.8. The second-order valence-electron chi connectivity index (χ2n) is 18.8. The number of aryl methyl sites for hydroxylation is 4. The summed E-state index contributed by atoms with van der Waals surface area (Å²) >= 11 is 0. The van der Waals surface area contributed by atoms with E-state index in [4.69, 9.17) is 9.40 Å². The smallest absolute Gasteiger partial charge is 0.683 e. The Kier molecular flexibility index (Phi) is 13.2. The van der Waals surface area contributed by atoms with Crippen molar-refractivity contribution in [2.45, 2.75) is 71.3 Å². The molecule has 1 atom stereocenters. The average molecular weight is 1070 g/mol. The summed E-state index contributed by atoms with van der Waals surface area (Å²) in [7, 11) is 0. The van der Waals surface area contributed by atoms with E-state index >= 15 is 0 Å². The van der Waals surface area contributed by atoms with E-state index < -0.39 is 0 Å². The molecule has 15 rings (SSSR count). The summed E-state index contributed by atoms with van der Waals surface area (Å²) in [5.41, 5.74) is 20.1. The zero-order valence-electron chi connectivity index (χ0n) is 39.5. The molecule has 4 nitrogen and oxygen atoms in total. The molecular weight excluding hydrogens is 1020 g/mol. The van der Waals surface area contributed by atoms with E-state index in [1.54, 1.807) is 0 Å². The molecule has 0 N–H and O–H groups in total. The van der Waals surface area contributed by atoms with Crippen molar-refractivity contribution in [1.29, 1.82) is 0 Å². The molecule has 1 aliphatic heterocycles. The van der Waals surface area contributed by atoms with Gasteiger partial charge in [-0.3, -0.25) is 4.98 Å². The largest absolute Gasteiger partial charge is 3.00 e. The number of fused-ring (bicyclic) bond motifs is 4. The minimum absolute atomic E-state index is 0. The van der Waals surface area contributed by atoms with Crippen LogP contribution in [0.3, 0.4) is 0 Å². The van der Waals surface area contributed by atoms with Crippen LogP contribution >= 0.6 is 0 Å². The molecule has 8 aromatic carbocycles. The van der Waals surface area contributed by atoms with Crippen molar-refractivity contribution in [3.8, 4) is 39.3 Å². The topological polar surface area (TPSA) is 45.1 Å². The summed E-state index contributed by atoms with van der Waals surface area (Å²) in [4.78, 5) is 5.39. The molecule has 0 fully saturated rings. The van der Waals surface area contributed by atoms with Crippen LogP contribution < -0.4 is 0 Å². The second kappa shape index (κ2) is 19.9. The maximum atomic E-state index is 6.83. The van der Waals surface area contributed by atoms with E-state index in [9.17, 15) is 0 Å². The van der Waals surface area contributed by atoms with Crippen molar-refractivity contribution in [3.05, 3.63) is 245 Å². The molecule has 1 unspecified atom stereocenters. The van der Waals surface area contributed by atoms with Crippen LogP contribution in [0, 0.1) is 12.1 Å². The van der Waals surface area contributed by atoms with Gasteiger partial charge in [0.15, 0.2) is 0 Å². The zero-order chi connectivity index (χ0) is 46.1. The minimum atomic E-state index is 0. The van der Waals surface area contributed by atoms with Gasteiger partial charge in [-0.25, -0.2) is 0 Å². The van der Waals surface area contributed by atoms with Crippen molar-refractivity contribution in [2.75, 3.05) is 0 Å². The number of allylic oxidation sites excluding steroid dienone is 2. The van der Waals surface area contributed by atoms with Gasteiger partial charge in [0.2, 0.25) is 0 Å². The number of para-hydroxylation sites is 2. The van der Waals surface area contributed by atoms with Gasteiger partial charge < -0.3 is 14.3 Å². The van der Waals surface area contributed by atoms with Gasteiger partial charge in [0.25, 0.3) is 0 Å². The first-order valence-corrected chi connectivity index (χ1v) is 24.1. The Hall–Kier alpha value is -7.04. The first kappa shape index (κ1) is 45.7. The van der Waals surface area contributed by atoms with Crippen LogP contribution in [0.4, 0.5) is 0 Å². The fourth-order valence-electron chi connectivity index (χ4n) is 10.0. The van der Waals surface area contributed by atoms with Crippen molar-refractivity contribution in [1.82, 2.24) is 9.55 Å². The number of hydrogen-bond donors (Lipinski definition) is 0. The van der Waals surface area contributed by atoms with Gasteiger partial charge in [0, 0.05) is 11.1 Å². The van der Waals surface area contributed by atoms with Gasteiger partial charge in [-0.1, -0.05) is 160 Å². The number of furan rings is 1. The van der Waals surface area contributed by atoms with Gasteiger partial charge in [0.05, 0.1) is 22.4 Å². The molecule has 0 saturated heterocycles. The van der Waals surface area contributed by atoms with Crippen LogP contribution in [0.2, 0.25) is 0 Å². The molecule has 0 spiro atoms. The SMILES string of the molecule is CC(C)c1cc(-c2cc3ccc2CCc2ccc(cc2)CC3)cc(C(C)C)c1-n1c(-c2[c-]ccc3c2oc2cc(-c4ccccc4)ccc23)nc2ccccc21.[Ir+3].[c-]1ccccc1C1C=CC=C[N-]1. The Balaban J connectivity index is 0.000000371. The Bertz CT molecular complexity index is 3460. The molecule has 2 aromatic heterocycles. The summed E-state index contributed by atoms with van der Waals surface area (Å²) in [6, 6.07) is 66.0. The third-order valence-corrected chi connectivity index (χ3v) is 13.6. The monoisotopic (exact) mass is 1070 g/mol. The zero-order valence-corrected chi connectivity index (χ0v) is 41.9. The third kappa shape index (κ3) is 9.18. The van der Waals surface area contributed by atoms with Crippen molar-refractivity contribution >= 4 is 33.0 Å². The number of nitrogens with zero attached hydrogens (tertiary/aromatic N) is 3. The molecular formula is C64H54IrN3O. The summed E-state index contributed by atoms with van der Waals surface area (Å²) < 4.78 is 9.24. The van der Waals surface area contributed by atoms with Crippen molar-refractivity contribution in [3.63, 3.8) is 0 Å². The summed E-state index contributed by atoms with van der Waals surface area (Å²) in [5.74, 6) is 1.36. The molecule has 5 aliphatic rings. The van der Waals surface area contributed by atoms with E-state index in [1.807, 2.05) is 48.7 Å². The van der Waals surface area contributed by atoms with E-state index in [1.165, 1.54) is 55.8 Å². The van der Waals surface area contributed by atoms with Gasteiger partial charge in [-0.15, -0.1) is 18.2 Å². The van der Waals surface area contributed by atoms with E-state index in [0.29, 0.717) is 0 Å². The summed E-state index contributed by atoms with van der Waals surface area (Å²) in [6.07, 6.45) is 11.9. The van der Waals surface area contributed by atoms with Crippen LogP contribution in [0.5, 0.6) is 0 Å². The number of rotatable bonds is 7. The maximum absolute atomic E-state index is 6.83. The number of benzene rings is 8. The molecule has 0 radical (unpaired) electrons. The van der Waals surface area contributed by atoms with Gasteiger partial charge in [0.1, 0.15) is 5.58 Å². The molecule has 5 heteroatoms. The molecule has 10 aromatic rings. The van der Waals surface area contributed by atoms with Crippen LogP contribution in [-0.2, 0) is 45.8 Å².